The van der Waals surface area contributed by atoms with Crippen molar-refractivity contribution >= 4 is 39.9 Å². The van der Waals surface area contributed by atoms with Gasteiger partial charge in [-0.3, -0.25) is 9.88 Å². The Morgan fingerprint density at radius 2 is 1.42 bits per heavy atom. The number of methoxy groups -OCH3 is 2. The predicted molar refractivity (Wildman–Crippen MR) is 265 cm³/mol. The van der Waals surface area contributed by atoms with Gasteiger partial charge in [0.25, 0.3) is 8.53 Å². The Labute approximate surface area is 408 Å². The highest BCUT2D eigenvalue weighted by Gasteiger charge is 2.54. The number of anilines is 1. The maximum atomic E-state index is 12.8. The third kappa shape index (κ3) is 12.1. The highest BCUT2D eigenvalue weighted by atomic mass is 31.2. The fraction of sp³-hybridized carbons (Fsp3) is 0.480. The molecule has 0 aliphatic carbocycles. The first-order valence-corrected chi connectivity index (χ1v) is 27.1. The molecule has 0 bridgehead atoms. The van der Waals surface area contributed by atoms with E-state index in [-0.39, 0.29) is 61.1 Å². The summed E-state index contributed by atoms with van der Waals surface area (Å²) >= 11 is 0. The Bertz CT molecular complexity index is 2470. The number of carbonyl (C=O) groups excluding carboxylic acids is 1. The van der Waals surface area contributed by atoms with Crippen molar-refractivity contribution in [2.75, 3.05) is 39.4 Å². The summed E-state index contributed by atoms with van der Waals surface area (Å²) in [5.41, 5.74) is 1.93. The Morgan fingerprint density at radius 3 is 1.97 bits per heavy atom. The van der Waals surface area contributed by atoms with Gasteiger partial charge in [-0.2, -0.15) is 10.5 Å². The summed E-state index contributed by atoms with van der Waals surface area (Å²) in [6, 6.07) is 29.8. The van der Waals surface area contributed by atoms with Gasteiger partial charge < -0.3 is 37.2 Å². The van der Waals surface area contributed by atoms with E-state index >= 15 is 0 Å². The van der Waals surface area contributed by atoms with Crippen molar-refractivity contribution in [3.63, 3.8) is 0 Å². The number of hydrogen-bond donors (Lipinski definition) is 1. The van der Waals surface area contributed by atoms with Gasteiger partial charge in [0.05, 0.1) is 58.7 Å². The fourth-order valence-electron chi connectivity index (χ4n) is 7.97. The largest absolute Gasteiger partial charge is 0.497 e. The fourth-order valence-corrected chi connectivity index (χ4v) is 11.0. The zero-order valence-electron chi connectivity index (χ0n) is 41.4. The third-order valence-electron chi connectivity index (χ3n) is 12.3. The van der Waals surface area contributed by atoms with Crippen molar-refractivity contribution in [2.24, 2.45) is 0 Å². The van der Waals surface area contributed by atoms with Crippen molar-refractivity contribution in [1.82, 2.24) is 24.2 Å². The zero-order valence-corrected chi connectivity index (χ0v) is 43.3. The molecule has 6 rings (SSSR count). The lowest BCUT2D eigenvalue weighted by molar-refractivity contribution is -0.0926. The molecular weight excluding hydrogens is 916 g/mol. The van der Waals surface area contributed by atoms with Crippen molar-refractivity contribution < 1.29 is 42.0 Å². The van der Waals surface area contributed by atoms with Crippen LogP contribution in [0.2, 0.25) is 18.1 Å². The minimum absolute atomic E-state index is 0.00606. The van der Waals surface area contributed by atoms with E-state index < -0.39 is 53.1 Å². The second-order valence-corrected chi connectivity index (χ2v) is 24.7. The molecule has 1 aliphatic heterocycles. The number of imidazole rings is 1. The van der Waals surface area contributed by atoms with Gasteiger partial charge in [0.1, 0.15) is 48.3 Å². The number of benzene rings is 3. The average Bonchev–Trinajstić information content (AvgIpc) is 3.90. The molecule has 0 saturated carbocycles. The first-order chi connectivity index (χ1) is 33.0. The Balaban J connectivity index is 1.55. The van der Waals surface area contributed by atoms with E-state index in [2.05, 4.69) is 87.6 Å². The first kappa shape index (κ1) is 52.8. The van der Waals surface area contributed by atoms with Crippen LogP contribution in [0.25, 0.3) is 11.2 Å². The highest BCUT2D eigenvalue weighted by molar-refractivity contribution is 7.44. The number of hydrogen-bond acceptors (Lipinski definition) is 15. The monoisotopic (exact) mass is 980 g/mol. The number of nitrogens with one attached hydrogen (secondary N) is 1. The smallest absolute Gasteiger partial charge is 0.412 e. The molecule has 19 heteroatoms. The first-order valence-electron chi connectivity index (χ1n) is 23.0. The van der Waals surface area contributed by atoms with Crippen molar-refractivity contribution in [1.29, 1.82) is 10.5 Å². The Morgan fingerprint density at radius 1 is 0.841 bits per heavy atom. The standard InChI is InChI=1S/C50H65N8O9PSi/c1-34(2)58(35(3)4)68(64-30-16-28-52)66-43-41(31-63-50(36-17-13-12-14-18-36,37-19-23-39(60-8)24-20-37)38-21-25-40(61-9)26-22-38)65-47(44(43)67-69(10,11)49(5,6)7)57-33-55-42-45(53-32-54-46(42)57)56-48(59)62-29-15-27-51/h12-14,17-26,32-35,41,43-44,47H,15-16,29-31H2,1-11H3,(H,53,54,56,59)/t41-,43-,44-,47-,68?/m1/s1. The van der Waals surface area contributed by atoms with Gasteiger partial charge >= 0.3 is 6.09 Å². The predicted octanol–water partition coefficient (Wildman–Crippen LogP) is 10.3. The van der Waals surface area contributed by atoms with Crippen LogP contribution in [-0.2, 0) is 33.3 Å². The lowest BCUT2D eigenvalue weighted by Gasteiger charge is -2.42. The Kier molecular flexibility index (Phi) is 17.9. The van der Waals surface area contributed by atoms with Gasteiger partial charge in [0, 0.05) is 12.1 Å². The molecule has 1 unspecified atom stereocenters. The molecule has 2 aromatic heterocycles. The van der Waals surface area contributed by atoms with Crippen LogP contribution in [0.3, 0.4) is 0 Å². The molecule has 368 valence electrons. The molecule has 1 saturated heterocycles. The molecule has 0 radical (unpaired) electrons. The minimum atomic E-state index is -2.68. The van der Waals surface area contributed by atoms with Gasteiger partial charge in [-0.15, -0.1) is 0 Å². The van der Waals surface area contributed by atoms with Crippen molar-refractivity contribution in [3.05, 3.63) is 108 Å². The van der Waals surface area contributed by atoms with E-state index in [4.69, 9.17) is 47.4 Å². The Hall–Kier alpha value is -5.53. The molecule has 1 fully saturated rings. The number of aromatic nitrogens is 4. The normalized spacial score (nSPS) is 18.0. The van der Waals surface area contributed by atoms with E-state index in [9.17, 15) is 10.1 Å². The lowest BCUT2D eigenvalue weighted by Crippen LogP contribution is -2.50. The van der Waals surface area contributed by atoms with E-state index in [1.165, 1.54) is 6.33 Å². The molecule has 5 atom stereocenters. The lowest BCUT2D eigenvalue weighted by atomic mass is 9.80. The SMILES string of the molecule is COc1ccc(C(OC[C@H]2O[C@@H](n3cnc4c(NC(=O)OCCC#N)ncnc43)[C@H](O[Si](C)(C)C(C)(C)C)[C@@H]2OP(OCCC#N)N(C(C)C)C(C)C)(c2ccccc2)c2ccc(OC)cc2)cc1. The van der Waals surface area contributed by atoms with E-state index in [0.29, 0.717) is 17.1 Å². The van der Waals surface area contributed by atoms with E-state index in [1.807, 2.05) is 84.9 Å². The van der Waals surface area contributed by atoms with Crippen LogP contribution < -0.4 is 14.8 Å². The number of fused-ring (bicyclic) bond motifs is 1. The van der Waals surface area contributed by atoms with E-state index in [0.717, 1.165) is 16.7 Å². The van der Waals surface area contributed by atoms with Crippen LogP contribution in [0, 0.1) is 22.7 Å². The molecule has 1 N–H and O–H groups in total. The average molecular weight is 981 g/mol. The molecule has 1 amide bonds. The minimum Gasteiger partial charge on any atom is -0.497 e. The van der Waals surface area contributed by atoms with Crippen LogP contribution in [0.15, 0.2) is 91.5 Å². The third-order valence-corrected chi connectivity index (χ3v) is 18.9. The maximum absolute atomic E-state index is 12.8. The highest BCUT2D eigenvalue weighted by Crippen LogP contribution is 2.53. The molecule has 1 aliphatic rings. The number of nitrogens with zero attached hydrogens (tertiary/aromatic N) is 7. The molecular formula is C50H65N8O9PSi. The molecule has 0 spiro atoms. The quantitative estimate of drug-likeness (QED) is 0.0297. The van der Waals surface area contributed by atoms with Crippen LogP contribution in [0.5, 0.6) is 11.5 Å². The summed E-state index contributed by atoms with van der Waals surface area (Å²) in [7, 11) is -1.25. The van der Waals surface area contributed by atoms with Gasteiger partial charge in [-0.1, -0.05) is 75.4 Å². The van der Waals surface area contributed by atoms with Gasteiger partial charge in [0.2, 0.25) is 0 Å². The summed E-state index contributed by atoms with van der Waals surface area (Å²) in [4.78, 5) is 26.5. The van der Waals surface area contributed by atoms with Gasteiger partial charge in [0.15, 0.2) is 31.5 Å². The van der Waals surface area contributed by atoms with Crippen LogP contribution in [-0.4, -0.2) is 103 Å². The molecule has 69 heavy (non-hydrogen) atoms. The number of nitriles is 2. The molecule has 5 aromatic rings. The number of carbonyl (C=O) groups is 1. The summed E-state index contributed by atoms with van der Waals surface area (Å²) in [5, 5.41) is 21.0. The van der Waals surface area contributed by atoms with Crippen LogP contribution in [0.1, 0.15) is 84.2 Å². The topological polar surface area (TPSA) is 197 Å². The second kappa shape index (κ2) is 23.4. The number of rotatable bonds is 22. The van der Waals surface area contributed by atoms with Gasteiger partial charge in [-0.25, -0.2) is 24.4 Å². The summed E-state index contributed by atoms with van der Waals surface area (Å²) in [5.74, 6) is 1.48. The van der Waals surface area contributed by atoms with Crippen LogP contribution >= 0.6 is 8.53 Å². The molecule has 17 nitrogen and oxygen atoms in total. The second-order valence-electron chi connectivity index (χ2n) is 18.6. The van der Waals surface area contributed by atoms with E-state index in [1.54, 1.807) is 25.1 Å². The number of ether oxygens (including phenoxy) is 5. The van der Waals surface area contributed by atoms with Crippen LogP contribution in [0.4, 0.5) is 10.6 Å². The molecule has 3 aromatic carbocycles. The molecule has 3 heterocycles. The summed E-state index contributed by atoms with van der Waals surface area (Å²) < 4.78 is 56.7. The zero-order chi connectivity index (χ0) is 49.9. The number of amides is 1. The van der Waals surface area contributed by atoms with Crippen molar-refractivity contribution in [2.45, 2.75) is 122 Å². The summed E-state index contributed by atoms with van der Waals surface area (Å²) in [6.45, 7) is 19.2. The summed E-state index contributed by atoms with van der Waals surface area (Å²) in [6.07, 6.45) is -1.08. The maximum Gasteiger partial charge on any atom is 0.412 e. The van der Waals surface area contributed by atoms with Gasteiger partial charge in [-0.05, 0) is 86.8 Å². The van der Waals surface area contributed by atoms with Crippen molar-refractivity contribution in [3.8, 4) is 23.6 Å².